The second-order valence-corrected chi connectivity index (χ2v) is 6.83. The Kier molecular flexibility index (Phi) is 7.03. The second-order valence-electron chi connectivity index (χ2n) is 6.47. The normalized spacial score (nSPS) is 25.6. The third kappa shape index (κ3) is 4.95. The Morgan fingerprint density at radius 1 is 1.05 bits per heavy atom. The topological polar surface area (TPSA) is 6.48 Å². The standard InChI is InChI=1S/C16H32N2S/c1-2-6-15(14-19)13-17-11-7-16(8-12-17)18-9-4-3-5-10-18/h15-16,19H,2-14H2,1H3. The number of thiol groups is 1. The van der Waals surface area contributed by atoms with Crippen LogP contribution in [-0.2, 0) is 0 Å². The molecule has 0 saturated carbocycles. The molecule has 2 heterocycles. The van der Waals surface area contributed by atoms with E-state index in [2.05, 4.69) is 29.4 Å². The number of piperidine rings is 2. The fraction of sp³-hybridized carbons (Fsp3) is 1.00. The molecule has 3 heteroatoms. The molecule has 2 rings (SSSR count). The molecule has 0 aliphatic carbocycles. The molecule has 0 bridgehead atoms. The van der Waals surface area contributed by atoms with Gasteiger partial charge in [-0.15, -0.1) is 0 Å². The fourth-order valence-electron chi connectivity index (χ4n) is 3.76. The van der Waals surface area contributed by atoms with Gasteiger partial charge in [-0.2, -0.15) is 12.6 Å². The van der Waals surface area contributed by atoms with Crippen LogP contribution in [0.5, 0.6) is 0 Å². The lowest BCUT2D eigenvalue weighted by molar-refractivity contribution is 0.0862. The minimum Gasteiger partial charge on any atom is -0.303 e. The van der Waals surface area contributed by atoms with E-state index in [1.165, 1.54) is 77.7 Å². The van der Waals surface area contributed by atoms with E-state index in [9.17, 15) is 0 Å². The Morgan fingerprint density at radius 3 is 2.32 bits per heavy atom. The number of rotatable bonds is 6. The van der Waals surface area contributed by atoms with Crippen LogP contribution in [0.25, 0.3) is 0 Å². The van der Waals surface area contributed by atoms with Gasteiger partial charge in [0.05, 0.1) is 0 Å². The van der Waals surface area contributed by atoms with Crippen molar-refractivity contribution in [3.8, 4) is 0 Å². The Morgan fingerprint density at radius 2 is 1.74 bits per heavy atom. The average molecular weight is 285 g/mol. The first-order chi connectivity index (χ1) is 9.33. The van der Waals surface area contributed by atoms with Crippen LogP contribution in [0.3, 0.4) is 0 Å². The molecule has 0 spiro atoms. The molecule has 112 valence electrons. The van der Waals surface area contributed by atoms with Crippen LogP contribution in [0.4, 0.5) is 0 Å². The van der Waals surface area contributed by atoms with Crippen molar-refractivity contribution in [3.63, 3.8) is 0 Å². The molecule has 2 saturated heterocycles. The highest BCUT2D eigenvalue weighted by Gasteiger charge is 2.26. The van der Waals surface area contributed by atoms with E-state index < -0.39 is 0 Å². The summed E-state index contributed by atoms with van der Waals surface area (Å²) in [5.41, 5.74) is 0. The maximum absolute atomic E-state index is 4.52. The van der Waals surface area contributed by atoms with E-state index in [0.29, 0.717) is 0 Å². The number of hydrogen-bond donors (Lipinski definition) is 1. The van der Waals surface area contributed by atoms with Crippen LogP contribution in [0.15, 0.2) is 0 Å². The molecule has 0 aromatic heterocycles. The van der Waals surface area contributed by atoms with Crippen molar-refractivity contribution in [2.75, 3.05) is 38.5 Å². The predicted molar refractivity (Wildman–Crippen MR) is 87.1 cm³/mol. The Labute approximate surface area is 125 Å². The van der Waals surface area contributed by atoms with Gasteiger partial charge in [0.25, 0.3) is 0 Å². The molecule has 0 aromatic rings. The number of nitrogens with zero attached hydrogens (tertiary/aromatic N) is 2. The molecular weight excluding hydrogens is 252 g/mol. The van der Waals surface area contributed by atoms with Crippen LogP contribution in [0, 0.1) is 5.92 Å². The van der Waals surface area contributed by atoms with Crippen LogP contribution in [0.1, 0.15) is 51.9 Å². The molecular formula is C16H32N2S. The van der Waals surface area contributed by atoms with Gasteiger partial charge in [-0.05, 0) is 70.0 Å². The highest BCUT2D eigenvalue weighted by Crippen LogP contribution is 2.22. The lowest BCUT2D eigenvalue weighted by atomic mass is 9.98. The first-order valence-electron chi connectivity index (χ1n) is 8.40. The summed E-state index contributed by atoms with van der Waals surface area (Å²) in [6.45, 7) is 8.92. The lowest BCUT2D eigenvalue weighted by Gasteiger charge is -2.41. The Balaban J connectivity index is 1.69. The van der Waals surface area contributed by atoms with Crippen LogP contribution in [0.2, 0.25) is 0 Å². The first-order valence-corrected chi connectivity index (χ1v) is 9.04. The first kappa shape index (κ1) is 15.7. The van der Waals surface area contributed by atoms with Crippen molar-refractivity contribution in [1.82, 2.24) is 9.80 Å². The molecule has 0 radical (unpaired) electrons. The van der Waals surface area contributed by atoms with E-state index in [0.717, 1.165) is 17.7 Å². The summed E-state index contributed by atoms with van der Waals surface area (Å²) in [6.07, 6.45) is 9.74. The van der Waals surface area contributed by atoms with Crippen molar-refractivity contribution in [1.29, 1.82) is 0 Å². The highest BCUT2D eigenvalue weighted by molar-refractivity contribution is 7.80. The van der Waals surface area contributed by atoms with Crippen molar-refractivity contribution in [3.05, 3.63) is 0 Å². The van der Waals surface area contributed by atoms with Crippen molar-refractivity contribution < 1.29 is 0 Å². The highest BCUT2D eigenvalue weighted by atomic mass is 32.1. The molecule has 0 aromatic carbocycles. The maximum Gasteiger partial charge on any atom is 0.0120 e. The van der Waals surface area contributed by atoms with Gasteiger partial charge in [-0.1, -0.05) is 19.8 Å². The molecule has 2 nitrogen and oxygen atoms in total. The van der Waals surface area contributed by atoms with Crippen molar-refractivity contribution in [2.45, 2.75) is 57.9 Å². The van der Waals surface area contributed by atoms with Crippen molar-refractivity contribution in [2.24, 2.45) is 5.92 Å². The number of likely N-dealkylation sites (tertiary alicyclic amines) is 2. The number of hydrogen-bond acceptors (Lipinski definition) is 3. The molecule has 0 N–H and O–H groups in total. The van der Waals surface area contributed by atoms with Crippen LogP contribution < -0.4 is 0 Å². The van der Waals surface area contributed by atoms with Crippen LogP contribution >= 0.6 is 12.6 Å². The SMILES string of the molecule is CCCC(CS)CN1CCC(N2CCCCC2)CC1. The van der Waals surface area contributed by atoms with Gasteiger partial charge in [-0.25, -0.2) is 0 Å². The summed E-state index contributed by atoms with van der Waals surface area (Å²) in [5, 5.41) is 0. The minimum atomic E-state index is 0.805. The molecule has 1 unspecified atom stereocenters. The van der Waals surface area contributed by atoms with E-state index in [1.807, 2.05) is 0 Å². The second kappa shape index (κ2) is 8.53. The van der Waals surface area contributed by atoms with Crippen molar-refractivity contribution >= 4 is 12.6 Å². The summed E-state index contributed by atoms with van der Waals surface area (Å²) < 4.78 is 0. The van der Waals surface area contributed by atoms with E-state index in [-0.39, 0.29) is 0 Å². The summed E-state index contributed by atoms with van der Waals surface area (Å²) in [7, 11) is 0. The third-order valence-corrected chi connectivity index (χ3v) is 5.45. The summed E-state index contributed by atoms with van der Waals surface area (Å²) in [5.74, 6) is 1.86. The minimum absolute atomic E-state index is 0.805. The van der Waals surface area contributed by atoms with Gasteiger partial charge in [0, 0.05) is 12.6 Å². The largest absolute Gasteiger partial charge is 0.303 e. The quantitative estimate of drug-likeness (QED) is 0.748. The molecule has 19 heavy (non-hydrogen) atoms. The summed E-state index contributed by atoms with van der Waals surface area (Å²) >= 11 is 4.52. The molecule has 2 aliphatic rings. The Bertz CT molecular complexity index is 233. The van der Waals surface area contributed by atoms with E-state index >= 15 is 0 Å². The van der Waals surface area contributed by atoms with Gasteiger partial charge in [0.1, 0.15) is 0 Å². The Hall–Kier alpha value is 0.270. The maximum atomic E-state index is 4.52. The smallest absolute Gasteiger partial charge is 0.0120 e. The van der Waals surface area contributed by atoms with E-state index in [1.54, 1.807) is 0 Å². The average Bonchev–Trinajstić information content (AvgIpc) is 2.48. The summed E-state index contributed by atoms with van der Waals surface area (Å²) in [6, 6.07) is 0.886. The lowest BCUT2D eigenvalue weighted by Crippen LogP contribution is -2.47. The summed E-state index contributed by atoms with van der Waals surface area (Å²) in [4.78, 5) is 5.46. The fourth-order valence-corrected chi connectivity index (χ4v) is 4.06. The molecule has 0 amide bonds. The molecule has 1 atom stereocenters. The van der Waals surface area contributed by atoms with Gasteiger partial charge < -0.3 is 9.80 Å². The van der Waals surface area contributed by atoms with Gasteiger partial charge >= 0.3 is 0 Å². The molecule has 2 aliphatic heterocycles. The van der Waals surface area contributed by atoms with Gasteiger partial charge in [0.15, 0.2) is 0 Å². The van der Waals surface area contributed by atoms with Gasteiger partial charge in [0.2, 0.25) is 0 Å². The third-order valence-electron chi connectivity index (χ3n) is 4.94. The zero-order chi connectivity index (χ0) is 13.5. The predicted octanol–water partition coefficient (Wildman–Crippen LogP) is 3.28. The van der Waals surface area contributed by atoms with E-state index in [4.69, 9.17) is 0 Å². The van der Waals surface area contributed by atoms with Crippen LogP contribution in [-0.4, -0.2) is 54.3 Å². The zero-order valence-electron chi connectivity index (χ0n) is 12.7. The molecule has 2 fully saturated rings. The van der Waals surface area contributed by atoms with Gasteiger partial charge in [-0.3, -0.25) is 0 Å². The monoisotopic (exact) mass is 284 g/mol. The zero-order valence-corrected chi connectivity index (χ0v) is 13.6.